The zero-order chi connectivity index (χ0) is 16.9. The number of benzene rings is 1. The number of nitrogens with one attached hydrogen (secondary N) is 1. The van der Waals surface area contributed by atoms with Crippen LogP contribution in [0.15, 0.2) is 53.7 Å². The molecule has 0 aliphatic heterocycles. The fourth-order valence-electron chi connectivity index (χ4n) is 1.62. The summed E-state index contributed by atoms with van der Waals surface area (Å²) >= 11 is 5.63. The van der Waals surface area contributed by atoms with Crippen LogP contribution in [0.4, 0.5) is 0 Å². The number of carbonyl (C=O) groups is 1. The van der Waals surface area contributed by atoms with Gasteiger partial charge < -0.3 is 0 Å². The molecule has 2 rings (SSSR count). The van der Waals surface area contributed by atoms with Gasteiger partial charge >= 0.3 is 0 Å². The first-order chi connectivity index (χ1) is 10.9. The average Bonchev–Trinajstić information content (AvgIpc) is 2.53. The van der Waals surface area contributed by atoms with Gasteiger partial charge in [0.25, 0.3) is 15.9 Å². The van der Waals surface area contributed by atoms with E-state index in [1.165, 1.54) is 24.4 Å². The smallest absolute Gasteiger partial charge is 0.269 e. The molecule has 0 saturated heterocycles. The van der Waals surface area contributed by atoms with Gasteiger partial charge in [0.2, 0.25) is 0 Å². The molecule has 1 aromatic heterocycles. The van der Waals surface area contributed by atoms with Gasteiger partial charge in [-0.2, -0.15) is 13.7 Å². The summed E-state index contributed by atoms with van der Waals surface area (Å²) in [5, 5.41) is 8.76. The van der Waals surface area contributed by atoms with Crippen LogP contribution in [0.3, 0.4) is 0 Å². The van der Waals surface area contributed by atoms with Gasteiger partial charge in [0.05, 0.1) is 16.7 Å². The maximum atomic E-state index is 12.0. The number of pyridine rings is 1. The van der Waals surface area contributed by atoms with E-state index < -0.39 is 15.9 Å². The second-order valence-electron chi connectivity index (χ2n) is 4.36. The topological polar surface area (TPSA) is 99.9 Å². The Bertz CT molecular complexity index is 900. The molecule has 0 radical (unpaired) electrons. The van der Waals surface area contributed by atoms with Gasteiger partial charge in [-0.05, 0) is 35.9 Å². The molecule has 0 spiro atoms. The number of amides is 1. The average molecular weight is 348 g/mol. The zero-order valence-corrected chi connectivity index (χ0v) is 13.2. The lowest BCUT2D eigenvalue weighted by atomic mass is 10.1. The van der Waals surface area contributed by atoms with Crippen molar-refractivity contribution in [2.24, 2.45) is 0 Å². The fourth-order valence-corrected chi connectivity index (χ4v) is 2.61. The number of sulfonamides is 1. The first kappa shape index (κ1) is 16.7. The van der Waals surface area contributed by atoms with Crippen molar-refractivity contribution >= 4 is 33.6 Å². The summed E-state index contributed by atoms with van der Waals surface area (Å²) in [4.78, 5) is 15.4. The van der Waals surface area contributed by atoms with Gasteiger partial charge in [-0.15, -0.1) is 0 Å². The molecule has 1 N–H and O–H groups in total. The van der Waals surface area contributed by atoms with Crippen molar-refractivity contribution in [1.82, 2.24) is 9.71 Å². The van der Waals surface area contributed by atoms with Gasteiger partial charge in [0.1, 0.15) is 0 Å². The van der Waals surface area contributed by atoms with E-state index in [9.17, 15) is 13.2 Å². The van der Waals surface area contributed by atoms with Crippen molar-refractivity contribution in [3.63, 3.8) is 0 Å². The molecule has 1 amide bonds. The Morgan fingerprint density at radius 2 is 2.09 bits per heavy atom. The number of nitriles is 1. The van der Waals surface area contributed by atoms with Crippen molar-refractivity contribution < 1.29 is 13.2 Å². The second kappa shape index (κ2) is 7.05. The Kier molecular flexibility index (Phi) is 5.11. The van der Waals surface area contributed by atoms with Crippen molar-refractivity contribution in [3.8, 4) is 6.07 Å². The van der Waals surface area contributed by atoms with Crippen molar-refractivity contribution in [2.45, 2.75) is 5.03 Å². The summed E-state index contributed by atoms with van der Waals surface area (Å²) in [5.74, 6) is -0.830. The van der Waals surface area contributed by atoms with Crippen LogP contribution in [0.25, 0.3) is 6.08 Å². The van der Waals surface area contributed by atoms with Gasteiger partial charge in [0.15, 0.2) is 5.03 Å². The molecule has 0 atom stereocenters. The number of hydrogen-bond donors (Lipinski definition) is 1. The molecule has 6 nitrogen and oxygen atoms in total. The number of carbonyl (C=O) groups excluding carboxylic acids is 1. The van der Waals surface area contributed by atoms with Gasteiger partial charge in [-0.3, -0.25) is 4.79 Å². The van der Waals surface area contributed by atoms with Crippen molar-refractivity contribution in [2.75, 3.05) is 0 Å². The first-order valence-electron chi connectivity index (χ1n) is 6.27. The van der Waals surface area contributed by atoms with Crippen LogP contribution in [0, 0.1) is 11.3 Å². The Hall–Kier alpha value is -2.69. The number of halogens is 1. The number of nitrogens with zero attached hydrogens (tertiary/aromatic N) is 2. The Morgan fingerprint density at radius 1 is 1.30 bits per heavy atom. The van der Waals surface area contributed by atoms with Crippen LogP contribution in [-0.4, -0.2) is 19.3 Å². The Morgan fingerprint density at radius 3 is 2.74 bits per heavy atom. The maximum Gasteiger partial charge on any atom is 0.281 e. The molecule has 116 valence electrons. The fraction of sp³-hybridized carbons (Fsp3) is 0. The molecule has 0 fully saturated rings. The largest absolute Gasteiger partial charge is 0.281 e. The third-order valence-electron chi connectivity index (χ3n) is 2.65. The van der Waals surface area contributed by atoms with E-state index in [1.807, 2.05) is 10.8 Å². The normalized spacial score (nSPS) is 11.1. The van der Waals surface area contributed by atoms with Gasteiger partial charge in [-0.25, -0.2) is 9.71 Å². The highest BCUT2D eigenvalue weighted by Crippen LogP contribution is 2.10. The summed E-state index contributed by atoms with van der Waals surface area (Å²) in [5.41, 5.74) is 1.03. The minimum absolute atomic E-state index is 0.285. The lowest BCUT2D eigenvalue weighted by Crippen LogP contribution is -2.29. The molecule has 0 aliphatic rings. The molecule has 0 saturated carbocycles. The highest BCUT2D eigenvalue weighted by Gasteiger charge is 2.17. The van der Waals surface area contributed by atoms with E-state index in [2.05, 4.69) is 4.98 Å². The lowest BCUT2D eigenvalue weighted by molar-refractivity contribution is -0.114. The van der Waals surface area contributed by atoms with E-state index in [0.29, 0.717) is 11.1 Å². The molecule has 1 heterocycles. The quantitative estimate of drug-likeness (QED) is 0.854. The minimum Gasteiger partial charge on any atom is -0.269 e. The molecule has 2 aromatic rings. The van der Waals surface area contributed by atoms with E-state index in [1.54, 1.807) is 24.3 Å². The molecule has 8 heteroatoms. The molecule has 1 aromatic carbocycles. The van der Waals surface area contributed by atoms with Crippen LogP contribution >= 0.6 is 11.6 Å². The Labute approximate surface area is 138 Å². The highest BCUT2D eigenvalue weighted by molar-refractivity contribution is 7.90. The molecule has 0 aliphatic carbocycles. The van der Waals surface area contributed by atoms with Crippen molar-refractivity contribution in [3.05, 3.63) is 64.8 Å². The summed E-state index contributed by atoms with van der Waals surface area (Å²) < 4.78 is 25.8. The molecule has 0 bridgehead atoms. The second-order valence-corrected chi connectivity index (χ2v) is 6.42. The van der Waals surface area contributed by atoms with Crippen LogP contribution in [-0.2, 0) is 14.8 Å². The number of hydrogen-bond acceptors (Lipinski definition) is 5. The first-order valence-corrected chi connectivity index (χ1v) is 8.13. The lowest BCUT2D eigenvalue weighted by Gasteiger charge is -2.03. The Balaban J connectivity index is 2.10. The monoisotopic (exact) mass is 347 g/mol. The summed E-state index contributed by atoms with van der Waals surface area (Å²) in [6.07, 6.45) is 3.63. The molecular formula is C15H10ClN3O3S. The van der Waals surface area contributed by atoms with Gasteiger partial charge in [-0.1, -0.05) is 23.7 Å². The SMILES string of the molecule is N#Cc1cccc(/C=C/C(=O)NS(=O)(=O)c2ccc(Cl)cn2)c1. The predicted octanol–water partition coefficient (Wildman–Crippen LogP) is 2.12. The van der Waals surface area contributed by atoms with Gasteiger partial charge in [0, 0.05) is 12.3 Å². The van der Waals surface area contributed by atoms with E-state index in [0.717, 1.165) is 6.08 Å². The van der Waals surface area contributed by atoms with E-state index >= 15 is 0 Å². The minimum atomic E-state index is -4.07. The van der Waals surface area contributed by atoms with E-state index in [-0.39, 0.29) is 10.0 Å². The third-order valence-corrected chi connectivity index (χ3v) is 4.14. The van der Waals surface area contributed by atoms with E-state index in [4.69, 9.17) is 16.9 Å². The predicted molar refractivity (Wildman–Crippen MR) is 84.8 cm³/mol. The molecular weight excluding hydrogens is 338 g/mol. The third kappa shape index (κ3) is 4.64. The molecule has 0 unspecified atom stereocenters. The summed E-state index contributed by atoms with van der Waals surface area (Å²) in [7, 11) is -4.07. The van der Waals surface area contributed by atoms with Crippen LogP contribution in [0.1, 0.15) is 11.1 Å². The zero-order valence-electron chi connectivity index (χ0n) is 11.6. The maximum absolute atomic E-state index is 12.0. The van der Waals surface area contributed by atoms with Crippen LogP contribution < -0.4 is 4.72 Å². The molecule has 23 heavy (non-hydrogen) atoms. The standard InChI is InChI=1S/C15H10ClN3O3S/c16-13-5-7-15(18-10-13)23(21,22)19-14(20)6-4-11-2-1-3-12(8-11)9-17/h1-8,10H,(H,19,20)/b6-4+. The number of aromatic nitrogens is 1. The highest BCUT2D eigenvalue weighted by atomic mass is 35.5. The van der Waals surface area contributed by atoms with Crippen LogP contribution in [0.2, 0.25) is 5.02 Å². The van der Waals surface area contributed by atoms with Crippen LogP contribution in [0.5, 0.6) is 0 Å². The summed E-state index contributed by atoms with van der Waals surface area (Å²) in [6.45, 7) is 0. The summed E-state index contributed by atoms with van der Waals surface area (Å²) in [6, 6.07) is 11.0. The number of rotatable bonds is 4. The van der Waals surface area contributed by atoms with Crippen molar-refractivity contribution in [1.29, 1.82) is 5.26 Å².